The summed E-state index contributed by atoms with van der Waals surface area (Å²) < 4.78 is 0.672. The van der Waals surface area contributed by atoms with Crippen molar-refractivity contribution in [1.29, 1.82) is 0 Å². The molecular formula is C7H9NOS2. The molecule has 4 heteroatoms. The number of thiocarbonyl (C=S) groups is 1. The maximum absolute atomic E-state index is 11.3. The summed E-state index contributed by atoms with van der Waals surface area (Å²) in [6, 6.07) is 0. The van der Waals surface area contributed by atoms with Gasteiger partial charge in [0.2, 0.25) is 0 Å². The van der Waals surface area contributed by atoms with Crippen LogP contribution < -0.4 is 0 Å². The molecule has 0 radical (unpaired) electrons. The van der Waals surface area contributed by atoms with E-state index in [1.165, 1.54) is 11.8 Å². The van der Waals surface area contributed by atoms with Gasteiger partial charge in [-0.2, -0.15) is 0 Å². The number of hydrogen-bond acceptors (Lipinski definition) is 3. The lowest BCUT2D eigenvalue weighted by atomic mass is 10.4. The molecule has 0 aromatic rings. The smallest absolute Gasteiger partial charge is 0.265 e. The lowest BCUT2D eigenvalue weighted by molar-refractivity contribution is -0.122. The monoisotopic (exact) mass is 187 g/mol. The van der Waals surface area contributed by atoms with Crippen molar-refractivity contribution in [3.8, 4) is 0 Å². The number of allylic oxidation sites excluding steroid dienone is 1. The number of likely N-dealkylation sites (N-methyl/N-ethyl adjacent to an activating group) is 1. The van der Waals surface area contributed by atoms with Crippen LogP contribution in [0.1, 0.15) is 13.8 Å². The second kappa shape index (κ2) is 3.36. The average molecular weight is 187 g/mol. The van der Waals surface area contributed by atoms with E-state index in [0.29, 0.717) is 10.9 Å². The minimum absolute atomic E-state index is 0.0463. The van der Waals surface area contributed by atoms with Crippen molar-refractivity contribution in [2.75, 3.05) is 6.54 Å². The van der Waals surface area contributed by atoms with Gasteiger partial charge in [0.05, 0.1) is 4.91 Å². The van der Waals surface area contributed by atoms with Gasteiger partial charge in [0.1, 0.15) is 4.32 Å². The third-order valence-electron chi connectivity index (χ3n) is 1.45. The van der Waals surface area contributed by atoms with Crippen molar-refractivity contribution in [2.45, 2.75) is 13.8 Å². The van der Waals surface area contributed by atoms with Crippen molar-refractivity contribution in [1.82, 2.24) is 4.90 Å². The topological polar surface area (TPSA) is 20.3 Å². The summed E-state index contributed by atoms with van der Waals surface area (Å²) in [5.74, 6) is 0.0463. The maximum Gasteiger partial charge on any atom is 0.265 e. The van der Waals surface area contributed by atoms with Crippen LogP contribution in [0, 0.1) is 0 Å². The fourth-order valence-electron chi connectivity index (χ4n) is 0.864. The lowest BCUT2D eigenvalue weighted by Crippen LogP contribution is -2.27. The number of thioether (sulfide) groups is 1. The predicted molar refractivity (Wildman–Crippen MR) is 51.3 cm³/mol. The van der Waals surface area contributed by atoms with Gasteiger partial charge in [-0.05, 0) is 13.8 Å². The zero-order chi connectivity index (χ0) is 8.43. The van der Waals surface area contributed by atoms with Crippen LogP contribution >= 0.6 is 24.0 Å². The van der Waals surface area contributed by atoms with Gasteiger partial charge in [-0.3, -0.25) is 9.69 Å². The van der Waals surface area contributed by atoms with E-state index in [1.807, 2.05) is 13.8 Å². The molecule has 0 bridgehead atoms. The Hall–Kier alpha value is -0.350. The third kappa shape index (κ3) is 1.46. The van der Waals surface area contributed by atoms with Gasteiger partial charge in [-0.1, -0.05) is 30.1 Å². The van der Waals surface area contributed by atoms with Crippen molar-refractivity contribution in [3.05, 3.63) is 11.0 Å². The van der Waals surface area contributed by atoms with Crippen LogP contribution in [0.3, 0.4) is 0 Å². The summed E-state index contributed by atoms with van der Waals surface area (Å²) in [7, 11) is 0. The highest BCUT2D eigenvalue weighted by atomic mass is 32.2. The molecule has 60 valence electrons. The van der Waals surface area contributed by atoms with Crippen molar-refractivity contribution in [3.63, 3.8) is 0 Å². The molecule has 0 unspecified atom stereocenters. The first-order valence-electron chi connectivity index (χ1n) is 3.40. The van der Waals surface area contributed by atoms with Crippen LogP contribution in [-0.2, 0) is 4.79 Å². The summed E-state index contributed by atoms with van der Waals surface area (Å²) in [5, 5.41) is 0. The highest BCUT2D eigenvalue weighted by molar-refractivity contribution is 8.26. The van der Waals surface area contributed by atoms with E-state index in [9.17, 15) is 4.79 Å². The molecule has 2 nitrogen and oxygen atoms in total. The van der Waals surface area contributed by atoms with Crippen LogP contribution in [-0.4, -0.2) is 21.7 Å². The molecule has 1 amide bonds. The molecule has 1 rings (SSSR count). The van der Waals surface area contributed by atoms with Gasteiger partial charge in [0.15, 0.2) is 0 Å². The van der Waals surface area contributed by atoms with E-state index < -0.39 is 0 Å². The predicted octanol–water partition coefficient (Wildman–Crippen LogP) is 1.77. The normalized spacial score (nSPS) is 22.0. The second-order valence-corrected chi connectivity index (χ2v) is 3.75. The molecule has 0 atom stereocenters. The molecule has 0 aromatic heterocycles. The Morgan fingerprint density at radius 1 is 1.73 bits per heavy atom. The zero-order valence-corrected chi connectivity index (χ0v) is 8.09. The molecular weight excluding hydrogens is 178 g/mol. The third-order valence-corrected chi connectivity index (χ3v) is 2.95. The molecule has 11 heavy (non-hydrogen) atoms. The van der Waals surface area contributed by atoms with Crippen molar-refractivity contribution < 1.29 is 4.79 Å². The summed E-state index contributed by atoms with van der Waals surface area (Å²) in [6.07, 6.45) is 1.80. The highest BCUT2D eigenvalue weighted by Gasteiger charge is 2.29. The Morgan fingerprint density at radius 3 is 2.64 bits per heavy atom. The van der Waals surface area contributed by atoms with E-state index >= 15 is 0 Å². The van der Waals surface area contributed by atoms with Crippen LogP contribution in [0.2, 0.25) is 0 Å². The number of nitrogens with zero attached hydrogens (tertiary/aromatic N) is 1. The maximum atomic E-state index is 11.3. The van der Waals surface area contributed by atoms with Crippen LogP contribution in [0.25, 0.3) is 0 Å². The molecule has 0 saturated carbocycles. The Labute approximate surface area is 75.6 Å². The first-order valence-corrected chi connectivity index (χ1v) is 4.63. The molecule has 0 aliphatic carbocycles. The Morgan fingerprint density at radius 2 is 2.36 bits per heavy atom. The van der Waals surface area contributed by atoms with Crippen molar-refractivity contribution >= 4 is 34.2 Å². The van der Waals surface area contributed by atoms with E-state index in [1.54, 1.807) is 11.0 Å². The number of carbonyl (C=O) groups is 1. The number of rotatable bonds is 1. The number of carbonyl (C=O) groups excluding carboxylic acids is 1. The minimum atomic E-state index is 0.0463. The van der Waals surface area contributed by atoms with Crippen LogP contribution in [0.15, 0.2) is 11.0 Å². The quantitative estimate of drug-likeness (QED) is 0.461. The highest BCUT2D eigenvalue weighted by Crippen LogP contribution is 2.29. The molecule has 1 saturated heterocycles. The summed E-state index contributed by atoms with van der Waals surface area (Å²) >= 11 is 6.36. The van der Waals surface area contributed by atoms with Gasteiger partial charge in [0.25, 0.3) is 5.91 Å². The number of hydrogen-bond donors (Lipinski definition) is 0. The fourth-order valence-corrected chi connectivity index (χ4v) is 2.17. The fraction of sp³-hybridized carbons (Fsp3) is 0.429. The summed E-state index contributed by atoms with van der Waals surface area (Å²) in [5.41, 5.74) is 0. The molecule has 1 heterocycles. The molecule has 1 aliphatic rings. The van der Waals surface area contributed by atoms with Gasteiger partial charge in [-0.25, -0.2) is 0 Å². The Kier molecular flexibility index (Phi) is 2.67. The van der Waals surface area contributed by atoms with Crippen LogP contribution in [0.5, 0.6) is 0 Å². The summed E-state index contributed by atoms with van der Waals surface area (Å²) in [6.45, 7) is 4.44. The molecule has 0 N–H and O–H groups in total. The standard InChI is InChI=1S/C7H9NOS2/c1-3-5-6(9)8(4-2)7(10)11-5/h3H,4H2,1-2H3/b5-3+. The number of amides is 1. The molecule has 0 spiro atoms. The van der Waals surface area contributed by atoms with Gasteiger partial charge in [0, 0.05) is 6.54 Å². The molecule has 1 aliphatic heterocycles. The van der Waals surface area contributed by atoms with Gasteiger partial charge < -0.3 is 0 Å². The van der Waals surface area contributed by atoms with E-state index in [0.717, 1.165) is 4.91 Å². The molecule has 1 fully saturated rings. The van der Waals surface area contributed by atoms with Crippen LogP contribution in [0.4, 0.5) is 0 Å². The largest absolute Gasteiger partial charge is 0.293 e. The van der Waals surface area contributed by atoms with E-state index in [2.05, 4.69) is 0 Å². The lowest BCUT2D eigenvalue weighted by Gasteiger charge is -2.09. The SMILES string of the molecule is C/C=C1/SC(=S)N(CC)C1=O. The van der Waals surface area contributed by atoms with E-state index in [4.69, 9.17) is 12.2 Å². The second-order valence-electron chi connectivity index (χ2n) is 2.07. The zero-order valence-electron chi connectivity index (χ0n) is 6.46. The Bertz CT molecular complexity index is 235. The van der Waals surface area contributed by atoms with Gasteiger partial charge >= 0.3 is 0 Å². The molecule has 0 aromatic carbocycles. The van der Waals surface area contributed by atoms with Crippen molar-refractivity contribution in [2.24, 2.45) is 0 Å². The van der Waals surface area contributed by atoms with E-state index in [-0.39, 0.29) is 5.91 Å². The summed E-state index contributed by atoms with van der Waals surface area (Å²) in [4.78, 5) is 13.7. The van der Waals surface area contributed by atoms with Gasteiger partial charge in [-0.15, -0.1) is 0 Å². The first-order chi connectivity index (χ1) is 5.20. The Balaban J connectivity index is 2.88. The minimum Gasteiger partial charge on any atom is -0.293 e. The average Bonchev–Trinajstić information content (AvgIpc) is 2.26. The first kappa shape index (κ1) is 8.74.